The zero-order valence-corrected chi connectivity index (χ0v) is 19.4. The molecule has 2 aliphatic heterocycles. The van der Waals surface area contributed by atoms with Gasteiger partial charge in [-0.1, -0.05) is 20.8 Å². The fourth-order valence-electron chi connectivity index (χ4n) is 4.50. The topological polar surface area (TPSA) is 96.3 Å². The van der Waals surface area contributed by atoms with Crippen LogP contribution in [0.25, 0.3) is 0 Å². The van der Waals surface area contributed by atoms with Crippen LogP contribution >= 0.6 is 0 Å². The first-order valence-corrected chi connectivity index (χ1v) is 11.9. The number of hydrogen-bond donors (Lipinski definition) is 2. The van der Waals surface area contributed by atoms with Crippen molar-refractivity contribution in [2.45, 2.75) is 70.4 Å². The standard InChI is InChI=1S/C24H36N6O2/c1-16(2)19-11-25-23(26-12-19)29-22-6-9-32-15-18(22)10-17(3)20-13-27-24(28-14-20)30-7-4-21(31)5-8-30/h11-14,16-18,21-22,31H,4-10,15H2,1-3H3,(H,25,26,29)/t17-,18?,22?/m1/s1. The van der Waals surface area contributed by atoms with Gasteiger partial charge in [0.15, 0.2) is 0 Å². The lowest BCUT2D eigenvalue weighted by atomic mass is 9.85. The number of nitrogens with one attached hydrogen (secondary N) is 1. The number of piperidine rings is 1. The molecule has 174 valence electrons. The van der Waals surface area contributed by atoms with E-state index in [1.54, 1.807) is 0 Å². The Balaban J connectivity index is 1.35. The molecule has 2 aromatic rings. The summed E-state index contributed by atoms with van der Waals surface area (Å²) < 4.78 is 5.81. The van der Waals surface area contributed by atoms with E-state index in [0.29, 0.717) is 23.7 Å². The Morgan fingerprint density at radius 2 is 1.66 bits per heavy atom. The molecular weight excluding hydrogens is 404 g/mol. The van der Waals surface area contributed by atoms with E-state index in [0.717, 1.165) is 69.1 Å². The zero-order valence-electron chi connectivity index (χ0n) is 19.4. The highest BCUT2D eigenvalue weighted by Gasteiger charge is 2.28. The van der Waals surface area contributed by atoms with Gasteiger partial charge in [-0.15, -0.1) is 0 Å². The average Bonchev–Trinajstić information content (AvgIpc) is 2.81. The molecule has 4 heterocycles. The fourth-order valence-corrected chi connectivity index (χ4v) is 4.50. The first-order chi connectivity index (χ1) is 15.5. The smallest absolute Gasteiger partial charge is 0.225 e. The van der Waals surface area contributed by atoms with Crippen molar-refractivity contribution < 1.29 is 9.84 Å². The van der Waals surface area contributed by atoms with Crippen molar-refractivity contribution in [3.05, 3.63) is 35.9 Å². The van der Waals surface area contributed by atoms with Crippen LogP contribution in [-0.4, -0.2) is 63.5 Å². The van der Waals surface area contributed by atoms with Crippen LogP contribution in [0.5, 0.6) is 0 Å². The van der Waals surface area contributed by atoms with Gasteiger partial charge in [0.25, 0.3) is 0 Å². The maximum atomic E-state index is 9.70. The number of anilines is 2. The van der Waals surface area contributed by atoms with Crippen LogP contribution in [0.1, 0.15) is 69.4 Å². The van der Waals surface area contributed by atoms with Crippen molar-refractivity contribution >= 4 is 11.9 Å². The molecule has 2 N–H and O–H groups in total. The summed E-state index contributed by atoms with van der Waals surface area (Å²) in [6.45, 7) is 9.64. The summed E-state index contributed by atoms with van der Waals surface area (Å²) in [6, 6.07) is 0.288. The van der Waals surface area contributed by atoms with Crippen LogP contribution < -0.4 is 10.2 Å². The molecule has 2 saturated heterocycles. The minimum Gasteiger partial charge on any atom is -0.393 e. The monoisotopic (exact) mass is 440 g/mol. The maximum Gasteiger partial charge on any atom is 0.225 e. The van der Waals surface area contributed by atoms with E-state index in [1.165, 1.54) is 0 Å². The molecule has 4 rings (SSSR count). The second-order valence-electron chi connectivity index (χ2n) is 9.54. The first-order valence-electron chi connectivity index (χ1n) is 11.9. The third-order valence-corrected chi connectivity index (χ3v) is 6.76. The lowest BCUT2D eigenvalue weighted by Crippen LogP contribution is -2.39. The number of rotatable bonds is 7. The molecule has 0 radical (unpaired) electrons. The zero-order chi connectivity index (χ0) is 22.5. The summed E-state index contributed by atoms with van der Waals surface area (Å²) >= 11 is 0. The molecule has 0 amide bonds. The summed E-state index contributed by atoms with van der Waals surface area (Å²) in [4.78, 5) is 20.4. The largest absolute Gasteiger partial charge is 0.393 e. The first kappa shape index (κ1) is 22.9. The Morgan fingerprint density at radius 3 is 2.31 bits per heavy atom. The van der Waals surface area contributed by atoms with E-state index in [1.807, 2.05) is 24.8 Å². The summed E-state index contributed by atoms with van der Waals surface area (Å²) in [5.41, 5.74) is 2.30. The summed E-state index contributed by atoms with van der Waals surface area (Å²) in [7, 11) is 0. The van der Waals surface area contributed by atoms with Crippen molar-refractivity contribution in [3.63, 3.8) is 0 Å². The van der Waals surface area contributed by atoms with Gasteiger partial charge in [-0.25, -0.2) is 19.9 Å². The molecule has 2 aromatic heterocycles. The number of hydrogen-bond acceptors (Lipinski definition) is 8. The highest BCUT2D eigenvalue weighted by atomic mass is 16.5. The highest BCUT2D eigenvalue weighted by Crippen LogP contribution is 2.30. The van der Waals surface area contributed by atoms with Crippen LogP contribution in [0.2, 0.25) is 0 Å². The molecule has 0 bridgehead atoms. The van der Waals surface area contributed by atoms with Gasteiger partial charge in [-0.2, -0.15) is 0 Å². The molecule has 0 aromatic carbocycles. The lowest BCUT2D eigenvalue weighted by Gasteiger charge is -2.34. The Kier molecular flexibility index (Phi) is 7.52. The van der Waals surface area contributed by atoms with Crippen LogP contribution in [0.15, 0.2) is 24.8 Å². The van der Waals surface area contributed by atoms with Gasteiger partial charge in [0, 0.05) is 56.4 Å². The highest BCUT2D eigenvalue weighted by molar-refractivity contribution is 5.31. The minimum absolute atomic E-state index is 0.191. The van der Waals surface area contributed by atoms with Crippen molar-refractivity contribution in [3.8, 4) is 0 Å². The molecular formula is C24H36N6O2. The van der Waals surface area contributed by atoms with Gasteiger partial charge in [0.05, 0.1) is 12.7 Å². The minimum atomic E-state index is -0.191. The molecule has 2 unspecified atom stereocenters. The summed E-state index contributed by atoms with van der Waals surface area (Å²) in [5.74, 6) is 2.58. The van der Waals surface area contributed by atoms with E-state index in [9.17, 15) is 5.11 Å². The molecule has 8 nitrogen and oxygen atoms in total. The van der Waals surface area contributed by atoms with Gasteiger partial charge in [-0.05, 0) is 48.6 Å². The Bertz CT molecular complexity index is 837. The van der Waals surface area contributed by atoms with Crippen LogP contribution in [0.4, 0.5) is 11.9 Å². The molecule has 8 heteroatoms. The predicted octanol–water partition coefficient (Wildman–Crippen LogP) is 3.36. The third kappa shape index (κ3) is 5.72. The van der Waals surface area contributed by atoms with E-state index >= 15 is 0 Å². The van der Waals surface area contributed by atoms with Crippen LogP contribution in [-0.2, 0) is 4.74 Å². The fraction of sp³-hybridized carbons (Fsp3) is 0.667. The number of aromatic nitrogens is 4. The number of ether oxygens (including phenoxy) is 1. The average molecular weight is 441 g/mol. The molecule has 32 heavy (non-hydrogen) atoms. The third-order valence-electron chi connectivity index (χ3n) is 6.76. The maximum absolute atomic E-state index is 9.70. The Morgan fingerprint density at radius 1 is 1.00 bits per heavy atom. The van der Waals surface area contributed by atoms with E-state index in [-0.39, 0.29) is 12.1 Å². The summed E-state index contributed by atoms with van der Waals surface area (Å²) in [6.07, 6.45) is 11.0. The van der Waals surface area contributed by atoms with E-state index in [2.05, 4.69) is 50.9 Å². The quantitative estimate of drug-likeness (QED) is 0.677. The van der Waals surface area contributed by atoms with Gasteiger partial charge in [-0.3, -0.25) is 0 Å². The summed E-state index contributed by atoms with van der Waals surface area (Å²) in [5, 5.41) is 13.3. The molecule has 0 spiro atoms. The van der Waals surface area contributed by atoms with Crippen LogP contribution in [0, 0.1) is 5.92 Å². The molecule has 3 atom stereocenters. The second-order valence-corrected chi connectivity index (χ2v) is 9.54. The molecule has 0 aliphatic carbocycles. The molecule has 2 fully saturated rings. The second kappa shape index (κ2) is 10.5. The van der Waals surface area contributed by atoms with Gasteiger partial charge >= 0.3 is 0 Å². The molecule has 0 saturated carbocycles. The lowest BCUT2D eigenvalue weighted by molar-refractivity contribution is 0.0412. The van der Waals surface area contributed by atoms with Crippen LogP contribution in [0.3, 0.4) is 0 Å². The van der Waals surface area contributed by atoms with E-state index < -0.39 is 0 Å². The predicted molar refractivity (Wildman–Crippen MR) is 125 cm³/mol. The van der Waals surface area contributed by atoms with Gasteiger partial charge in [0.1, 0.15) is 0 Å². The van der Waals surface area contributed by atoms with Crippen molar-refractivity contribution in [2.75, 3.05) is 36.5 Å². The van der Waals surface area contributed by atoms with Gasteiger partial charge < -0.3 is 20.1 Å². The number of nitrogens with zero attached hydrogens (tertiary/aromatic N) is 5. The van der Waals surface area contributed by atoms with Crippen molar-refractivity contribution in [2.24, 2.45) is 5.92 Å². The van der Waals surface area contributed by atoms with Crippen molar-refractivity contribution in [1.29, 1.82) is 0 Å². The van der Waals surface area contributed by atoms with Crippen molar-refractivity contribution in [1.82, 2.24) is 19.9 Å². The van der Waals surface area contributed by atoms with E-state index in [4.69, 9.17) is 4.74 Å². The number of aliphatic hydroxyl groups is 1. The number of aliphatic hydroxyl groups excluding tert-OH is 1. The molecule has 2 aliphatic rings. The SMILES string of the molecule is CC(C)c1cnc(NC2CCOCC2C[C@@H](C)c2cnc(N3CCC(O)CC3)nc2)nc1. The van der Waals surface area contributed by atoms with Gasteiger partial charge in [0.2, 0.25) is 11.9 Å². The Hall–Kier alpha value is -2.32. The normalized spacial score (nSPS) is 23.3. The Labute approximate surface area is 190 Å².